The van der Waals surface area contributed by atoms with Gasteiger partial charge in [0.15, 0.2) is 0 Å². The molecule has 0 amide bonds. The summed E-state index contributed by atoms with van der Waals surface area (Å²) in [6.07, 6.45) is 4.51. The van der Waals surface area contributed by atoms with E-state index >= 15 is 0 Å². The van der Waals surface area contributed by atoms with Gasteiger partial charge in [-0.1, -0.05) is 18.2 Å². The highest BCUT2D eigenvalue weighted by atomic mass is 16.6. The molecule has 0 radical (unpaired) electrons. The van der Waals surface area contributed by atoms with E-state index in [-0.39, 0.29) is 17.3 Å². The lowest BCUT2D eigenvalue weighted by molar-refractivity contribution is -0.383. The number of rotatable bonds is 5. The molecule has 0 unspecified atom stereocenters. The third-order valence-electron chi connectivity index (χ3n) is 4.38. The Morgan fingerprint density at radius 3 is 2.64 bits per heavy atom. The standard InChI is InChI=1S/C17H21N5O3/c1-20(11-13-7-3-4-8-14(13)23)16-15(22(24)25)17(19-12-18-16)21-9-5-2-6-10-21/h3-4,7-8,12,23H,2,5-6,9-11H2,1H3. The van der Waals surface area contributed by atoms with Gasteiger partial charge < -0.3 is 14.9 Å². The van der Waals surface area contributed by atoms with Crippen LogP contribution in [0.25, 0.3) is 0 Å². The predicted octanol–water partition coefficient (Wildman–Crippen LogP) is 2.72. The van der Waals surface area contributed by atoms with Gasteiger partial charge in [0.2, 0.25) is 11.6 Å². The Morgan fingerprint density at radius 2 is 1.96 bits per heavy atom. The van der Waals surface area contributed by atoms with E-state index in [1.165, 1.54) is 6.33 Å². The summed E-state index contributed by atoms with van der Waals surface area (Å²) in [6.45, 7) is 1.84. The number of phenolic OH excluding ortho intramolecular Hbond substituents is 1. The van der Waals surface area contributed by atoms with Gasteiger partial charge >= 0.3 is 5.69 Å². The molecule has 0 saturated carbocycles. The van der Waals surface area contributed by atoms with Crippen molar-refractivity contribution >= 4 is 17.3 Å². The maximum atomic E-state index is 11.7. The number of nitrogens with zero attached hydrogens (tertiary/aromatic N) is 5. The maximum Gasteiger partial charge on any atom is 0.353 e. The largest absolute Gasteiger partial charge is 0.508 e. The number of piperidine rings is 1. The first-order valence-corrected chi connectivity index (χ1v) is 8.30. The zero-order valence-electron chi connectivity index (χ0n) is 14.1. The van der Waals surface area contributed by atoms with Crippen LogP contribution in [-0.2, 0) is 6.54 Å². The minimum atomic E-state index is -0.416. The van der Waals surface area contributed by atoms with Crippen LogP contribution < -0.4 is 9.80 Å². The highest BCUT2D eigenvalue weighted by Gasteiger charge is 2.29. The fraction of sp³-hybridized carbons (Fsp3) is 0.412. The Labute approximate surface area is 145 Å². The van der Waals surface area contributed by atoms with E-state index in [4.69, 9.17) is 0 Å². The third kappa shape index (κ3) is 3.62. The van der Waals surface area contributed by atoms with Gasteiger partial charge in [-0.15, -0.1) is 0 Å². The van der Waals surface area contributed by atoms with Gasteiger partial charge in [-0.25, -0.2) is 9.97 Å². The Balaban J connectivity index is 1.94. The number of benzene rings is 1. The highest BCUT2D eigenvalue weighted by molar-refractivity contribution is 5.71. The summed E-state index contributed by atoms with van der Waals surface area (Å²) >= 11 is 0. The van der Waals surface area contributed by atoms with E-state index in [2.05, 4.69) is 9.97 Å². The molecule has 0 aliphatic carbocycles. The van der Waals surface area contributed by atoms with Crippen molar-refractivity contribution in [3.8, 4) is 5.75 Å². The number of nitro groups is 1. The second kappa shape index (κ2) is 7.33. The quantitative estimate of drug-likeness (QED) is 0.658. The van der Waals surface area contributed by atoms with Gasteiger partial charge in [-0.3, -0.25) is 10.1 Å². The summed E-state index contributed by atoms with van der Waals surface area (Å²) in [5.41, 5.74) is 0.597. The fourth-order valence-electron chi connectivity index (χ4n) is 3.12. The van der Waals surface area contributed by atoms with Crippen LogP contribution in [0.5, 0.6) is 5.75 Å². The average molecular weight is 343 g/mol. The predicted molar refractivity (Wildman–Crippen MR) is 95.0 cm³/mol. The van der Waals surface area contributed by atoms with Crippen molar-refractivity contribution in [3.63, 3.8) is 0 Å². The van der Waals surface area contributed by atoms with E-state index in [1.54, 1.807) is 30.1 Å². The topological polar surface area (TPSA) is 95.6 Å². The van der Waals surface area contributed by atoms with Crippen molar-refractivity contribution in [3.05, 3.63) is 46.3 Å². The molecule has 1 saturated heterocycles. The van der Waals surface area contributed by atoms with Crippen molar-refractivity contribution in [2.75, 3.05) is 29.9 Å². The summed E-state index contributed by atoms with van der Waals surface area (Å²) in [6, 6.07) is 6.93. The normalized spacial score (nSPS) is 14.4. The zero-order chi connectivity index (χ0) is 17.8. The molecule has 1 aromatic carbocycles. The van der Waals surface area contributed by atoms with Crippen LogP contribution in [0.2, 0.25) is 0 Å². The summed E-state index contributed by atoms with van der Waals surface area (Å²) in [4.78, 5) is 23.3. The van der Waals surface area contributed by atoms with Crippen LogP contribution in [0.3, 0.4) is 0 Å². The van der Waals surface area contributed by atoms with Crippen molar-refractivity contribution in [1.29, 1.82) is 0 Å². The first-order chi connectivity index (χ1) is 12.1. The summed E-state index contributed by atoms with van der Waals surface area (Å²) < 4.78 is 0. The lowest BCUT2D eigenvalue weighted by Gasteiger charge is -2.28. The molecule has 1 fully saturated rings. The second-order valence-electron chi connectivity index (χ2n) is 6.16. The molecule has 3 rings (SSSR count). The lowest BCUT2D eigenvalue weighted by Crippen LogP contribution is -2.31. The first-order valence-electron chi connectivity index (χ1n) is 8.30. The zero-order valence-corrected chi connectivity index (χ0v) is 14.1. The number of para-hydroxylation sites is 1. The van der Waals surface area contributed by atoms with Gasteiger partial charge in [0.25, 0.3) is 0 Å². The van der Waals surface area contributed by atoms with Crippen molar-refractivity contribution in [2.24, 2.45) is 0 Å². The van der Waals surface area contributed by atoms with Crippen LogP contribution >= 0.6 is 0 Å². The molecule has 1 aliphatic heterocycles. The molecule has 0 bridgehead atoms. The number of phenols is 1. The maximum absolute atomic E-state index is 11.7. The van der Waals surface area contributed by atoms with E-state index in [0.717, 1.165) is 32.4 Å². The van der Waals surface area contributed by atoms with Crippen LogP contribution in [-0.4, -0.2) is 40.1 Å². The van der Waals surface area contributed by atoms with E-state index < -0.39 is 4.92 Å². The monoisotopic (exact) mass is 343 g/mol. The van der Waals surface area contributed by atoms with Crippen LogP contribution in [0.4, 0.5) is 17.3 Å². The number of hydrogen-bond acceptors (Lipinski definition) is 7. The number of aromatic nitrogens is 2. The van der Waals surface area contributed by atoms with Crippen molar-refractivity contribution in [1.82, 2.24) is 9.97 Å². The van der Waals surface area contributed by atoms with Crippen LogP contribution in [0.1, 0.15) is 24.8 Å². The number of hydrogen-bond donors (Lipinski definition) is 1. The molecular weight excluding hydrogens is 322 g/mol. The fourth-order valence-corrected chi connectivity index (χ4v) is 3.12. The SMILES string of the molecule is CN(Cc1ccccc1O)c1ncnc(N2CCCCC2)c1[N+](=O)[O-]. The van der Waals surface area contributed by atoms with Gasteiger partial charge in [0, 0.05) is 32.2 Å². The van der Waals surface area contributed by atoms with Crippen molar-refractivity contribution < 1.29 is 10.0 Å². The van der Waals surface area contributed by atoms with Gasteiger partial charge in [-0.2, -0.15) is 0 Å². The molecule has 1 N–H and O–H groups in total. The molecule has 2 heterocycles. The molecule has 2 aromatic rings. The van der Waals surface area contributed by atoms with Crippen LogP contribution in [0.15, 0.2) is 30.6 Å². The first kappa shape index (κ1) is 16.9. The highest BCUT2D eigenvalue weighted by Crippen LogP contribution is 2.35. The molecule has 1 aromatic heterocycles. The summed E-state index contributed by atoms with van der Waals surface area (Å²) in [5, 5.41) is 21.7. The molecule has 8 heteroatoms. The molecule has 0 spiro atoms. The molecule has 132 valence electrons. The average Bonchev–Trinajstić information content (AvgIpc) is 2.63. The number of anilines is 2. The third-order valence-corrected chi connectivity index (χ3v) is 4.38. The molecular formula is C17H21N5O3. The lowest BCUT2D eigenvalue weighted by atomic mass is 10.1. The Kier molecular flexibility index (Phi) is 4.97. The van der Waals surface area contributed by atoms with Crippen LogP contribution in [0, 0.1) is 10.1 Å². The minimum Gasteiger partial charge on any atom is -0.508 e. The van der Waals surface area contributed by atoms with E-state index in [9.17, 15) is 15.2 Å². The van der Waals surface area contributed by atoms with Gasteiger partial charge in [0.1, 0.15) is 12.1 Å². The molecule has 1 aliphatic rings. The number of aromatic hydroxyl groups is 1. The minimum absolute atomic E-state index is 0.0812. The molecule has 8 nitrogen and oxygen atoms in total. The van der Waals surface area contributed by atoms with E-state index in [1.807, 2.05) is 11.0 Å². The second-order valence-corrected chi connectivity index (χ2v) is 6.16. The molecule has 0 atom stereocenters. The Morgan fingerprint density at radius 1 is 1.24 bits per heavy atom. The van der Waals surface area contributed by atoms with E-state index in [0.29, 0.717) is 17.9 Å². The summed E-state index contributed by atoms with van der Waals surface area (Å²) in [7, 11) is 1.72. The van der Waals surface area contributed by atoms with Gasteiger partial charge in [-0.05, 0) is 25.3 Å². The van der Waals surface area contributed by atoms with Crippen molar-refractivity contribution in [2.45, 2.75) is 25.8 Å². The Hall–Kier alpha value is -2.90. The van der Waals surface area contributed by atoms with Gasteiger partial charge in [0.05, 0.1) is 4.92 Å². The Bertz CT molecular complexity index is 762. The molecule has 25 heavy (non-hydrogen) atoms. The summed E-state index contributed by atoms with van der Waals surface area (Å²) in [5.74, 6) is 0.782. The smallest absolute Gasteiger partial charge is 0.353 e.